The van der Waals surface area contributed by atoms with Crippen LogP contribution in [0.15, 0.2) is 61.5 Å². The van der Waals surface area contributed by atoms with E-state index >= 15 is 0 Å². The molecule has 0 fully saturated rings. The third kappa shape index (κ3) is 5.57. The molecule has 0 bridgehead atoms. The van der Waals surface area contributed by atoms with Crippen molar-refractivity contribution in [1.82, 2.24) is 10.6 Å². The fraction of sp³-hybridized carbons (Fsp3) is 0.188. The molecule has 0 saturated carbocycles. The summed E-state index contributed by atoms with van der Waals surface area (Å²) in [6, 6.07) is 6.19. The van der Waals surface area contributed by atoms with E-state index in [1.807, 2.05) is 12.3 Å². The number of nitrogens with two attached hydrogens (primary N) is 1. The van der Waals surface area contributed by atoms with E-state index in [9.17, 15) is 4.39 Å². The minimum atomic E-state index is -0.374. The first-order chi connectivity index (χ1) is 9.67. The highest BCUT2D eigenvalue weighted by Crippen LogP contribution is 2.12. The van der Waals surface area contributed by atoms with Crippen molar-refractivity contribution in [2.45, 2.75) is 12.6 Å². The van der Waals surface area contributed by atoms with Crippen LogP contribution in [0.5, 0.6) is 0 Å². The van der Waals surface area contributed by atoms with Gasteiger partial charge in [0.15, 0.2) is 0 Å². The van der Waals surface area contributed by atoms with Crippen molar-refractivity contribution < 1.29 is 4.39 Å². The van der Waals surface area contributed by atoms with Gasteiger partial charge in [0.1, 0.15) is 5.82 Å². The Kier molecular flexibility index (Phi) is 6.90. The van der Waals surface area contributed by atoms with E-state index < -0.39 is 0 Å². The Labute approximate surface area is 119 Å². The summed E-state index contributed by atoms with van der Waals surface area (Å²) in [6.07, 6.45) is 5.71. The Hall–Kier alpha value is -2.29. The molecule has 3 nitrogen and oxygen atoms in total. The first-order valence-electron chi connectivity index (χ1n) is 6.36. The van der Waals surface area contributed by atoms with E-state index in [0.717, 1.165) is 24.2 Å². The number of hydrogen-bond acceptors (Lipinski definition) is 3. The molecule has 1 aromatic carbocycles. The van der Waals surface area contributed by atoms with Crippen molar-refractivity contribution in [3.63, 3.8) is 0 Å². The summed E-state index contributed by atoms with van der Waals surface area (Å²) in [6.45, 7) is 7.88. The summed E-state index contributed by atoms with van der Waals surface area (Å²) >= 11 is 0. The lowest BCUT2D eigenvalue weighted by Gasteiger charge is -2.15. The summed E-state index contributed by atoms with van der Waals surface area (Å²) in [5.41, 5.74) is 10.1. The van der Waals surface area contributed by atoms with Gasteiger partial charge in [0.2, 0.25) is 0 Å². The highest BCUT2D eigenvalue weighted by atomic mass is 19.1. The molecule has 4 N–H and O–H groups in total. The van der Waals surface area contributed by atoms with Crippen molar-refractivity contribution in [1.29, 1.82) is 0 Å². The lowest BCUT2D eigenvalue weighted by Crippen LogP contribution is -2.34. The number of benzene rings is 1. The first kappa shape index (κ1) is 15.8. The zero-order chi connectivity index (χ0) is 14.8. The fourth-order valence-corrected chi connectivity index (χ4v) is 1.51. The second kappa shape index (κ2) is 8.75. The average Bonchev–Trinajstić information content (AvgIpc) is 2.46. The summed E-state index contributed by atoms with van der Waals surface area (Å²) in [4.78, 5) is 0. The Bertz CT molecular complexity index is 499. The Morgan fingerprint density at radius 3 is 2.70 bits per heavy atom. The van der Waals surface area contributed by atoms with Crippen LogP contribution in [0.25, 0.3) is 5.70 Å². The molecule has 20 heavy (non-hydrogen) atoms. The van der Waals surface area contributed by atoms with Crippen LogP contribution in [0.2, 0.25) is 0 Å². The molecule has 1 unspecified atom stereocenters. The molecule has 106 valence electrons. The third-order valence-electron chi connectivity index (χ3n) is 2.56. The normalized spacial score (nSPS) is 12.2. The monoisotopic (exact) mass is 273 g/mol. The molecule has 1 rings (SSSR count). The van der Waals surface area contributed by atoms with Crippen LogP contribution >= 0.6 is 0 Å². The Morgan fingerprint density at radius 2 is 2.10 bits per heavy atom. The van der Waals surface area contributed by atoms with E-state index in [0.29, 0.717) is 0 Å². The number of nitrogens with one attached hydrogen (secondary N) is 2. The van der Waals surface area contributed by atoms with Gasteiger partial charge in [-0.2, -0.15) is 0 Å². The second-order valence-corrected chi connectivity index (χ2v) is 4.12. The van der Waals surface area contributed by atoms with Gasteiger partial charge in [-0.3, -0.25) is 0 Å². The van der Waals surface area contributed by atoms with Crippen molar-refractivity contribution in [3.05, 3.63) is 72.9 Å². The molecular formula is C16H20FN3. The number of halogens is 1. The molecule has 1 aromatic rings. The molecule has 0 saturated heterocycles. The Balaban J connectivity index is 2.78. The van der Waals surface area contributed by atoms with Gasteiger partial charge in [-0.25, -0.2) is 4.39 Å². The molecule has 1 atom stereocenters. The maximum absolute atomic E-state index is 13.0. The van der Waals surface area contributed by atoms with Crippen LogP contribution in [-0.4, -0.2) is 12.7 Å². The molecule has 0 aromatic heterocycles. The molecule has 4 heteroatoms. The average molecular weight is 273 g/mol. The second-order valence-electron chi connectivity index (χ2n) is 4.12. The van der Waals surface area contributed by atoms with Gasteiger partial charge in [-0.05, 0) is 42.3 Å². The fourth-order valence-electron chi connectivity index (χ4n) is 1.51. The summed E-state index contributed by atoms with van der Waals surface area (Å²) in [7, 11) is 0. The lowest BCUT2D eigenvalue weighted by atomic mass is 10.1. The van der Waals surface area contributed by atoms with Crippen LogP contribution < -0.4 is 16.4 Å². The smallest absolute Gasteiger partial charge is 0.123 e. The van der Waals surface area contributed by atoms with Crippen molar-refractivity contribution in [2.75, 3.05) is 6.54 Å². The van der Waals surface area contributed by atoms with Crippen LogP contribution in [0.1, 0.15) is 12.0 Å². The molecule has 0 spiro atoms. The minimum Gasteiger partial charge on any atom is -0.389 e. The maximum atomic E-state index is 13.0. The molecule has 0 amide bonds. The molecular weight excluding hydrogens is 253 g/mol. The predicted molar refractivity (Wildman–Crippen MR) is 82.0 cm³/mol. The minimum absolute atomic E-state index is 0.273. The highest BCUT2D eigenvalue weighted by Gasteiger charge is 2.04. The van der Waals surface area contributed by atoms with E-state index in [-0.39, 0.29) is 12.0 Å². The number of hydrogen-bond donors (Lipinski definition) is 3. The molecule has 0 aliphatic heterocycles. The zero-order valence-electron chi connectivity index (χ0n) is 11.4. The quantitative estimate of drug-likeness (QED) is 0.295. The van der Waals surface area contributed by atoms with Gasteiger partial charge in [0.05, 0.1) is 11.9 Å². The van der Waals surface area contributed by atoms with E-state index in [1.54, 1.807) is 18.2 Å². The van der Waals surface area contributed by atoms with Gasteiger partial charge in [-0.15, -0.1) is 5.73 Å². The lowest BCUT2D eigenvalue weighted by molar-refractivity contribution is 0.627. The van der Waals surface area contributed by atoms with Crippen molar-refractivity contribution >= 4 is 5.70 Å². The standard InChI is InChI=1S/C16H20FN3/c1-3-5-6-11-19-12-15(20-16(18)4-2)13-7-9-14(17)10-8-13/h4-5,7-10,12,16,19-20H,1-2,6,11,18H2/b15-12-. The number of rotatable bonds is 8. The molecule has 0 radical (unpaired) electrons. The van der Waals surface area contributed by atoms with Crippen molar-refractivity contribution in [3.8, 4) is 0 Å². The van der Waals surface area contributed by atoms with Crippen LogP contribution in [0.4, 0.5) is 4.39 Å². The zero-order valence-corrected chi connectivity index (χ0v) is 11.4. The maximum Gasteiger partial charge on any atom is 0.123 e. The SMILES string of the molecule is C=C=CCCN/C=C(\NC(N)C=C)c1ccc(F)cc1. The summed E-state index contributed by atoms with van der Waals surface area (Å²) in [5.74, 6) is -0.273. The van der Waals surface area contributed by atoms with Crippen LogP contribution in [0.3, 0.4) is 0 Å². The largest absolute Gasteiger partial charge is 0.389 e. The highest BCUT2D eigenvalue weighted by molar-refractivity contribution is 5.63. The summed E-state index contributed by atoms with van der Waals surface area (Å²) in [5, 5.41) is 6.25. The molecule has 0 aliphatic carbocycles. The van der Waals surface area contributed by atoms with Crippen LogP contribution in [0, 0.1) is 5.82 Å². The van der Waals surface area contributed by atoms with Gasteiger partial charge >= 0.3 is 0 Å². The van der Waals surface area contributed by atoms with Gasteiger partial charge < -0.3 is 16.4 Å². The molecule has 0 aliphatic rings. The summed E-state index contributed by atoms with van der Waals surface area (Å²) < 4.78 is 13.0. The van der Waals surface area contributed by atoms with E-state index in [2.05, 4.69) is 29.5 Å². The van der Waals surface area contributed by atoms with Crippen LogP contribution in [-0.2, 0) is 0 Å². The topological polar surface area (TPSA) is 50.1 Å². The molecule has 0 heterocycles. The van der Waals surface area contributed by atoms with Crippen molar-refractivity contribution in [2.24, 2.45) is 5.73 Å². The van der Waals surface area contributed by atoms with Gasteiger partial charge in [0, 0.05) is 12.7 Å². The van der Waals surface area contributed by atoms with Gasteiger partial charge in [-0.1, -0.05) is 19.2 Å². The first-order valence-corrected chi connectivity index (χ1v) is 6.36. The van der Waals surface area contributed by atoms with E-state index in [1.165, 1.54) is 12.1 Å². The predicted octanol–water partition coefficient (Wildman–Crippen LogP) is 2.51. The third-order valence-corrected chi connectivity index (χ3v) is 2.56. The van der Waals surface area contributed by atoms with Gasteiger partial charge in [0.25, 0.3) is 0 Å². The van der Waals surface area contributed by atoms with E-state index in [4.69, 9.17) is 5.73 Å². The Morgan fingerprint density at radius 1 is 1.40 bits per heavy atom.